The van der Waals surface area contributed by atoms with Crippen LogP contribution in [0.4, 0.5) is 0 Å². The molecule has 3 aromatic heterocycles. The lowest BCUT2D eigenvalue weighted by molar-refractivity contribution is -0.127. The fraction of sp³-hybridized carbons (Fsp3) is 0.333. The molecule has 0 spiro atoms. The summed E-state index contributed by atoms with van der Waals surface area (Å²) in [5, 5.41) is 9.38. The molecule has 142 valence electrons. The zero-order chi connectivity index (χ0) is 19.2. The fourth-order valence-electron chi connectivity index (χ4n) is 2.53. The molecular weight excluding hydrogens is 402 g/mol. The van der Waals surface area contributed by atoms with E-state index in [4.69, 9.17) is 11.6 Å². The van der Waals surface area contributed by atoms with E-state index in [-0.39, 0.29) is 5.91 Å². The predicted octanol–water partition coefficient (Wildman–Crippen LogP) is 4.22. The molecule has 0 unspecified atom stereocenters. The monoisotopic (exact) mass is 421 g/mol. The van der Waals surface area contributed by atoms with Gasteiger partial charge in [-0.1, -0.05) is 30.3 Å². The topological polar surface area (TPSA) is 63.9 Å². The molecule has 3 aromatic rings. The van der Waals surface area contributed by atoms with E-state index >= 15 is 0 Å². The number of hydrogen-bond donors (Lipinski definition) is 0. The number of carbonyl (C=O) groups is 1. The molecule has 0 saturated heterocycles. The Hall–Kier alpha value is -1.90. The average molecular weight is 422 g/mol. The number of hydrogen-bond acceptors (Lipinski definition) is 6. The smallest absolute Gasteiger partial charge is 0.233 e. The van der Waals surface area contributed by atoms with Crippen molar-refractivity contribution >= 4 is 40.6 Å². The third-order valence-corrected chi connectivity index (χ3v) is 6.04. The summed E-state index contributed by atoms with van der Waals surface area (Å²) in [6, 6.07) is 7.62. The summed E-state index contributed by atoms with van der Waals surface area (Å²) in [7, 11) is 1.80. The van der Waals surface area contributed by atoms with Gasteiger partial charge in [-0.3, -0.25) is 9.78 Å². The number of thiophene rings is 1. The van der Waals surface area contributed by atoms with Crippen molar-refractivity contribution in [2.24, 2.45) is 0 Å². The van der Waals surface area contributed by atoms with Gasteiger partial charge in [0.25, 0.3) is 0 Å². The summed E-state index contributed by atoms with van der Waals surface area (Å²) in [6.07, 6.45) is 4.43. The van der Waals surface area contributed by atoms with Gasteiger partial charge in [-0.2, -0.15) is 0 Å². The number of pyridine rings is 1. The van der Waals surface area contributed by atoms with Gasteiger partial charge in [0.05, 0.1) is 16.6 Å². The first kappa shape index (κ1) is 19.9. The van der Waals surface area contributed by atoms with Gasteiger partial charge in [0.15, 0.2) is 11.0 Å². The first-order valence-electron chi connectivity index (χ1n) is 8.53. The van der Waals surface area contributed by atoms with Gasteiger partial charge in [-0.15, -0.1) is 21.5 Å². The van der Waals surface area contributed by atoms with Gasteiger partial charge in [0, 0.05) is 36.4 Å². The van der Waals surface area contributed by atoms with Crippen LogP contribution in [-0.4, -0.2) is 43.4 Å². The maximum Gasteiger partial charge on any atom is 0.233 e. The molecule has 3 rings (SSSR count). The Morgan fingerprint density at radius 1 is 1.26 bits per heavy atom. The van der Waals surface area contributed by atoms with Crippen molar-refractivity contribution in [2.75, 3.05) is 12.8 Å². The molecule has 0 aliphatic carbocycles. The highest BCUT2D eigenvalue weighted by Crippen LogP contribution is 2.25. The zero-order valence-corrected chi connectivity index (χ0v) is 17.5. The summed E-state index contributed by atoms with van der Waals surface area (Å²) in [5.74, 6) is 1.16. The Labute approximate surface area is 171 Å². The molecule has 1 amide bonds. The van der Waals surface area contributed by atoms with E-state index < -0.39 is 0 Å². The molecule has 3 heterocycles. The minimum absolute atomic E-state index is 0.0426. The average Bonchev–Trinajstić information content (AvgIpc) is 3.26. The van der Waals surface area contributed by atoms with Crippen molar-refractivity contribution in [1.82, 2.24) is 24.6 Å². The summed E-state index contributed by atoms with van der Waals surface area (Å²) in [6.45, 7) is 3.46. The van der Waals surface area contributed by atoms with Gasteiger partial charge < -0.3 is 9.47 Å². The maximum absolute atomic E-state index is 12.5. The predicted molar refractivity (Wildman–Crippen MR) is 110 cm³/mol. The molecular formula is C18H20ClN5OS2. The summed E-state index contributed by atoms with van der Waals surface area (Å²) < 4.78 is 2.79. The van der Waals surface area contributed by atoms with Crippen LogP contribution in [0.25, 0.3) is 11.4 Å². The van der Waals surface area contributed by atoms with Crippen molar-refractivity contribution in [3.05, 3.63) is 45.9 Å². The molecule has 0 aromatic carbocycles. The molecule has 0 fully saturated rings. The lowest BCUT2D eigenvalue weighted by atomic mass is 10.2. The molecule has 0 atom stereocenters. The Kier molecular flexibility index (Phi) is 6.87. The second-order valence-corrected chi connectivity index (χ2v) is 8.68. The minimum atomic E-state index is 0.0426. The van der Waals surface area contributed by atoms with Crippen molar-refractivity contribution in [3.63, 3.8) is 0 Å². The standard InChI is InChI=1S/C18H20ClN5OS2/c1-3-10-24-17(13-6-8-20-9-7-13)21-22-18(24)26-12-16(25)23(2)11-14-4-5-15(19)27-14/h4-9H,3,10-12H2,1-2H3. The zero-order valence-electron chi connectivity index (χ0n) is 15.1. The highest BCUT2D eigenvalue weighted by Gasteiger charge is 2.17. The highest BCUT2D eigenvalue weighted by molar-refractivity contribution is 7.99. The first-order valence-corrected chi connectivity index (χ1v) is 10.7. The van der Waals surface area contributed by atoms with Crippen molar-refractivity contribution in [2.45, 2.75) is 31.6 Å². The number of aromatic nitrogens is 4. The number of nitrogens with zero attached hydrogens (tertiary/aromatic N) is 5. The third kappa shape index (κ3) is 5.09. The van der Waals surface area contributed by atoms with Gasteiger partial charge >= 0.3 is 0 Å². The molecule has 6 nitrogen and oxygen atoms in total. The van der Waals surface area contributed by atoms with Crippen molar-refractivity contribution in [1.29, 1.82) is 0 Å². The molecule has 9 heteroatoms. The van der Waals surface area contributed by atoms with Crippen molar-refractivity contribution in [3.8, 4) is 11.4 Å². The lowest BCUT2D eigenvalue weighted by Crippen LogP contribution is -2.27. The second-order valence-electron chi connectivity index (χ2n) is 5.94. The van der Waals surface area contributed by atoms with E-state index in [0.29, 0.717) is 12.3 Å². The molecule has 0 radical (unpaired) electrons. The van der Waals surface area contributed by atoms with Crippen LogP contribution in [0.2, 0.25) is 4.34 Å². The van der Waals surface area contributed by atoms with E-state index in [2.05, 4.69) is 26.7 Å². The normalized spacial score (nSPS) is 10.9. The fourth-order valence-corrected chi connectivity index (χ4v) is 4.58. The first-order chi connectivity index (χ1) is 13.1. The largest absolute Gasteiger partial charge is 0.340 e. The molecule has 0 N–H and O–H groups in total. The van der Waals surface area contributed by atoms with E-state index in [0.717, 1.165) is 38.7 Å². The van der Waals surface area contributed by atoms with E-state index in [9.17, 15) is 4.79 Å². The second kappa shape index (κ2) is 9.34. The number of carbonyl (C=O) groups excluding carboxylic acids is 1. The number of amides is 1. The summed E-state index contributed by atoms with van der Waals surface area (Å²) >= 11 is 8.86. The Bertz CT molecular complexity index is 896. The van der Waals surface area contributed by atoms with Crippen LogP contribution in [0.15, 0.2) is 41.8 Å². The third-order valence-electron chi connectivity index (χ3n) is 3.87. The van der Waals surface area contributed by atoms with E-state index in [1.165, 1.54) is 23.1 Å². The number of halogens is 1. The highest BCUT2D eigenvalue weighted by atomic mass is 35.5. The Balaban J connectivity index is 1.66. The number of thioether (sulfide) groups is 1. The lowest BCUT2D eigenvalue weighted by Gasteiger charge is -2.16. The van der Waals surface area contributed by atoms with Crippen LogP contribution in [0.3, 0.4) is 0 Å². The van der Waals surface area contributed by atoms with Gasteiger partial charge in [0.2, 0.25) is 5.91 Å². The number of rotatable bonds is 8. The Morgan fingerprint density at radius 2 is 2.04 bits per heavy atom. The van der Waals surface area contributed by atoms with Crippen LogP contribution in [0.5, 0.6) is 0 Å². The summed E-state index contributed by atoms with van der Waals surface area (Å²) in [5.41, 5.74) is 0.968. The Morgan fingerprint density at radius 3 is 2.70 bits per heavy atom. The van der Waals surface area contributed by atoms with E-state index in [1.807, 2.05) is 24.3 Å². The SMILES string of the molecule is CCCn1c(SCC(=O)N(C)Cc2ccc(Cl)s2)nnc1-c1ccncc1. The van der Waals surface area contributed by atoms with Crippen LogP contribution in [0.1, 0.15) is 18.2 Å². The minimum Gasteiger partial charge on any atom is -0.340 e. The quantitative estimate of drug-likeness (QED) is 0.509. The molecule has 0 aliphatic heterocycles. The van der Waals surface area contributed by atoms with Crippen LogP contribution < -0.4 is 0 Å². The molecule has 0 saturated carbocycles. The van der Waals surface area contributed by atoms with Crippen LogP contribution >= 0.6 is 34.7 Å². The summed E-state index contributed by atoms with van der Waals surface area (Å²) in [4.78, 5) is 19.3. The molecule has 0 bridgehead atoms. The van der Waals surface area contributed by atoms with Crippen molar-refractivity contribution < 1.29 is 4.79 Å². The van der Waals surface area contributed by atoms with Crippen LogP contribution in [-0.2, 0) is 17.9 Å². The van der Waals surface area contributed by atoms with Crippen LogP contribution in [0, 0.1) is 0 Å². The van der Waals surface area contributed by atoms with Gasteiger partial charge in [-0.05, 0) is 30.7 Å². The van der Waals surface area contributed by atoms with Gasteiger partial charge in [0.1, 0.15) is 0 Å². The maximum atomic E-state index is 12.5. The molecule has 0 aliphatic rings. The van der Waals surface area contributed by atoms with E-state index in [1.54, 1.807) is 24.3 Å². The molecule has 27 heavy (non-hydrogen) atoms. The van der Waals surface area contributed by atoms with Gasteiger partial charge in [-0.25, -0.2) is 0 Å².